The monoisotopic (exact) mass is 190 g/mol. The van der Waals surface area contributed by atoms with Gasteiger partial charge in [0.25, 0.3) is 0 Å². The zero-order chi connectivity index (χ0) is 10.6. The zero-order valence-corrected chi connectivity index (χ0v) is 8.65. The molecule has 1 N–H and O–H groups in total. The lowest BCUT2D eigenvalue weighted by atomic mass is 10.1. The van der Waals surface area contributed by atoms with E-state index in [4.69, 9.17) is 5.21 Å². The fourth-order valence-corrected chi connectivity index (χ4v) is 1.27. The van der Waals surface area contributed by atoms with Gasteiger partial charge in [0.2, 0.25) is 0 Å². The summed E-state index contributed by atoms with van der Waals surface area (Å²) >= 11 is 0. The molecular weight excluding hydrogens is 176 g/mol. The maximum absolute atomic E-state index is 8.34. The van der Waals surface area contributed by atoms with Gasteiger partial charge in [0.05, 0.1) is 17.6 Å². The summed E-state index contributed by atoms with van der Waals surface area (Å²) in [5.41, 5.74) is 3.88. The number of hydrogen-bond acceptors (Lipinski definition) is 3. The molecule has 0 fully saturated rings. The lowest BCUT2D eigenvalue weighted by Crippen LogP contribution is -1.92. The topological polar surface area (TPSA) is 45.0 Å². The molecule has 0 unspecified atom stereocenters. The number of rotatable bonds is 2. The van der Waals surface area contributed by atoms with E-state index in [1.807, 2.05) is 32.0 Å². The normalized spacial score (nSPS) is 12.4. The average molecular weight is 190 g/mol. The van der Waals surface area contributed by atoms with Gasteiger partial charge < -0.3 is 5.21 Å². The van der Waals surface area contributed by atoms with Crippen LogP contribution in [0.1, 0.15) is 18.1 Å². The van der Waals surface area contributed by atoms with E-state index in [0.29, 0.717) is 5.71 Å². The van der Waals surface area contributed by atoms with Gasteiger partial charge in [-0.1, -0.05) is 23.4 Å². The Labute approximate surface area is 83.8 Å². The van der Waals surface area contributed by atoms with Crippen molar-refractivity contribution in [1.29, 1.82) is 0 Å². The molecule has 0 saturated carbocycles. The Kier molecular flexibility index (Phi) is 3.40. The quantitative estimate of drug-likeness (QED) is 0.435. The minimum absolute atomic E-state index is 0.685. The molecule has 0 aliphatic rings. The smallest absolute Gasteiger partial charge is 0.0873 e. The first kappa shape index (κ1) is 10.4. The van der Waals surface area contributed by atoms with Gasteiger partial charge in [0, 0.05) is 0 Å². The number of nitrogens with zero attached hydrogens (tertiary/aromatic N) is 2. The molecule has 0 aromatic heterocycles. The van der Waals surface area contributed by atoms with Crippen molar-refractivity contribution in [3.8, 4) is 0 Å². The molecule has 3 nitrogen and oxygen atoms in total. The number of oxime groups is 1. The molecule has 0 aliphatic heterocycles. The van der Waals surface area contributed by atoms with Gasteiger partial charge >= 0.3 is 0 Å². The molecule has 0 amide bonds. The standard InChI is InChI=1S/C11H14N2O/c1-8-5-4-6-9(2)11(8)13-10(3)7-12-14/h4-7,14H,1-3H3. The average Bonchev–Trinajstić information content (AvgIpc) is 2.12. The van der Waals surface area contributed by atoms with Gasteiger partial charge in [0.15, 0.2) is 0 Å². The molecule has 0 radical (unpaired) electrons. The summed E-state index contributed by atoms with van der Waals surface area (Å²) in [6.07, 6.45) is 1.33. The molecule has 0 atom stereocenters. The van der Waals surface area contributed by atoms with Crippen molar-refractivity contribution in [2.24, 2.45) is 10.1 Å². The van der Waals surface area contributed by atoms with E-state index in [1.54, 1.807) is 6.92 Å². The summed E-state index contributed by atoms with van der Waals surface area (Å²) in [5.74, 6) is 0. The van der Waals surface area contributed by atoms with E-state index >= 15 is 0 Å². The van der Waals surface area contributed by atoms with Crippen LogP contribution < -0.4 is 0 Å². The first-order valence-electron chi connectivity index (χ1n) is 4.44. The summed E-state index contributed by atoms with van der Waals surface area (Å²) in [7, 11) is 0. The first-order valence-corrected chi connectivity index (χ1v) is 4.44. The van der Waals surface area contributed by atoms with Crippen LogP contribution in [0.3, 0.4) is 0 Å². The first-order chi connectivity index (χ1) is 6.65. The van der Waals surface area contributed by atoms with Gasteiger partial charge in [-0.2, -0.15) is 0 Å². The van der Waals surface area contributed by atoms with Crippen molar-refractivity contribution in [3.05, 3.63) is 29.3 Å². The molecule has 0 bridgehead atoms. The molecule has 0 heterocycles. The summed E-state index contributed by atoms with van der Waals surface area (Å²) in [5, 5.41) is 11.3. The van der Waals surface area contributed by atoms with Crippen LogP contribution in [0.2, 0.25) is 0 Å². The Morgan fingerprint density at radius 3 is 2.36 bits per heavy atom. The second kappa shape index (κ2) is 4.56. The predicted molar refractivity (Wildman–Crippen MR) is 59.0 cm³/mol. The lowest BCUT2D eigenvalue weighted by Gasteiger charge is -2.03. The van der Waals surface area contributed by atoms with Crippen LogP contribution in [0.5, 0.6) is 0 Å². The van der Waals surface area contributed by atoms with Crippen molar-refractivity contribution >= 4 is 17.6 Å². The van der Waals surface area contributed by atoms with E-state index in [-0.39, 0.29) is 0 Å². The third kappa shape index (κ3) is 2.42. The van der Waals surface area contributed by atoms with Gasteiger partial charge in [0.1, 0.15) is 0 Å². The Bertz CT molecular complexity index is 361. The van der Waals surface area contributed by atoms with Crippen LogP contribution in [0, 0.1) is 13.8 Å². The molecule has 1 aromatic carbocycles. The van der Waals surface area contributed by atoms with Crippen LogP contribution in [0.25, 0.3) is 0 Å². The van der Waals surface area contributed by atoms with Gasteiger partial charge in [-0.25, -0.2) is 0 Å². The molecule has 3 heteroatoms. The SMILES string of the molecule is CC(C=NO)=Nc1c(C)cccc1C. The molecular formula is C11H14N2O. The number of benzene rings is 1. The van der Waals surface area contributed by atoms with Crippen molar-refractivity contribution in [2.75, 3.05) is 0 Å². The number of para-hydroxylation sites is 1. The van der Waals surface area contributed by atoms with Crippen LogP contribution in [0.15, 0.2) is 28.3 Å². The maximum Gasteiger partial charge on any atom is 0.0873 e. The highest BCUT2D eigenvalue weighted by Gasteiger charge is 1.99. The highest BCUT2D eigenvalue weighted by molar-refractivity contribution is 6.30. The fraction of sp³-hybridized carbons (Fsp3) is 0.273. The minimum Gasteiger partial charge on any atom is -0.411 e. The van der Waals surface area contributed by atoms with Crippen LogP contribution in [0.4, 0.5) is 5.69 Å². The van der Waals surface area contributed by atoms with Crippen molar-refractivity contribution < 1.29 is 5.21 Å². The van der Waals surface area contributed by atoms with Gasteiger partial charge in [-0.3, -0.25) is 4.99 Å². The second-order valence-corrected chi connectivity index (χ2v) is 3.24. The molecule has 74 valence electrons. The lowest BCUT2D eigenvalue weighted by molar-refractivity contribution is 0.322. The summed E-state index contributed by atoms with van der Waals surface area (Å²) in [6, 6.07) is 6.02. The maximum atomic E-state index is 8.34. The third-order valence-corrected chi connectivity index (χ3v) is 1.97. The molecule has 1 rings (SSSR count). The molecule has 0 spiro atoms. The molecule has 0 saturated heterocycles. The fourth-order valence-electron chi connectivity index (χ4n) is 1.27. The van der Waals surface area contributed by atoms with E-state index < -0.39 is 0 Å². The minimum atomic E-state index is 0.685. The van der Waals surface area contributed by atoms with Crippen LogP contribution in [-0.4, -0.2) is 17.1 Å². The second-order valence-electron chi connectivity index (χ2n) is 3.24. The van der Waals surface area contributed by atoms with Crippen molar-refractivity contribution in [1.82, 2.24) is 0 Å². The van der Waals surface area contributed by atoms with E-state index in [9.17, 15) is 0 Å². The Morgan fingerprint density at radius 2 is 1.86 bits per heavy atom. The molecule has 0 aliphatic carbocycles. The molecule has 1 aromatic rings. The van der Waals surface area contributed by atoms with Crippen LogP contribution in [-0.2, 0) is 0 Å². The summed E-state index contributed by atoms with van der Waals surface area (Å²) < 4.78 is 0. The van der Waals surface area contributed by atoms with Gasteiger partial charge in [-0.05, 0) is 31.9 Å². The van der Waals surface area contributed by atoms with Gasteiger partial charge in [-0.15, -0.1) is 0 Å². The Balaban J connectivity index is 3.13. The largest absolute Gasteiger partial charge is 0.411 e. The highest BCUT2D eigenvalue weighted by Crippen LogP contribution is 2.22. The van der Waals surface area contributed by atoms with Crippen molar-refractivity contribution in [3.63, 3.8) is 0 Å². The number of aryl methyl sites for hydroxylation is 2. The Hall–Kier alpha value is -1.64. The number of aliphatic imine (C=N–C) groups is 1. The zero-order valence-electron chi connectivity index (χ0n) is 8.65. The van der Waals surface area contributed by atoms with E-state index in [2.05, 4.69) is 10.1 Å². The predicted octanol–water partition coefficient (Wildman–Crippen LogP) is 2.86. The summed E-state index contributed by atoms with van der Waals surface area (Å²) in [6.45, 7) is 5.82. The highest BCUT2D eigenvalue weighted by atomic mass is 16.4. The van der Waals surface area contributed by atoms with Crippen molar-refractivity contribution in [2.45, 2.75) is 20.8 Å². The Morgan fingerprint density at radius 1 is 1.29 bits per heavy atom. The molecule has 14 heavy (non-hydrogen) atoms. The third-order valence-electron chi connectivity index (χ3n) is 1.97. The summed E-state index contributed by atoms with van der Waals surface area (Å²) in [4.78, 5) is 4.36. The van der Waals surface area contributed by atoms with Crippen LogP contribution >= 0.6 is 0 Å². The van der Waals surface area contributed by atoms with E-state index in [0.717, 1.165) is 16.8 Å². The number of hydrogen-bond donors (Lipinski definition) is 1. The van der Waals surface area contributed by atoms with E-state index in [1.165, 1.54) is 6.21 Å².